The Balaban J connectivity index is 3.12. The average molecular weight is 329 g/mol. The van der Waals surface area contributed by atoms with E-state index in [0.29, 0.717) is 13.0 Å². The topological polar surface area (TPSA) is 76.1 Å². The molecule has 0 spiro atoms. The van der Waals surface area contributed by atoms with Crippen LogP contribution in [0, 0.1) is 0 Å². The molecule has 1 fully saturated rings. The van der Waals surface area contributed by atoms with Crippen molar-refractivity contribution in [3.8, 4) is 0 Å². The summed E-state index contributed by atoms with van der Waals surface area (Å²) in [6.07, 6.45) is 1.70. The van der Waals surface area contributed by atoms with Gasteiger partial charge in [-0.3, -0.25) is 4.90 Å². The Bertz CT molecular complexity index is 431. The predicted molar refractivity (Wildman–Crippen MR) is 87.1 cm³/mol. The number of hydrogen-bond acceptors (Lipinski definition) is 5. The third kappa shape index (κ3) is 5.37. The van der Waals surface area contributed by atoms with Gasteiger partial charge in [-0.05, 0) is 60.8 Å². The monoisotopic (exact) mass is 329 g/mol. The number of carbonyl (C=O) groups is 2. The van der Waals surface area contributed by atoms with E-state index in [4.69, 9.17) is 9.47 Å². The van der Waals surface area contributed by atoms with E-state index in [2.05, 4.69) is 0 Å². The summed E-state index contributed by atoms with van der Waals surface area (Å²) < 4.78 is 11.0. The number of piperidine rings is 1. The lowest BCUT2D eigenvalue weighted by atomic mass is 9.83. The molecule has 1 heterocycles. The summed E-state index contributed by atoms with van der Waals surface area (Å²) in [5, 5.41) is 9.48. The Morgan fingerprint density at radius 2 is 1.61 bits per heavy atom. The molecule has 1 amide bonds. The Hall–Kier alpha value is -1.30. The van der Waals surface area contributed by atoms with Gasteiger partial charge in [0, 0.05) is 19.6 Å². The second kappa shape index (κ2) is 7.07. The summed E-state index contributed by atoms with van der Waals surface area (Å²) in [6, 6.07) is 0. The minimum absolute atomic E-state index is 0.154. The number of hydrogen-bond donors (Lipinski definition) is 1. The molecule has 6 heteroatoms. The number of rotatable bonds is 3. The largest absolute Gasteiger partial charge is 0.458 e. The van der Waals surface area contributed by atoms with Crippen LogP contribution in [0.5, 0.6) is 0 Å². The number of esters is 1. The minimum atomic E-state index is -1.15. The maximum Gasteiger partial charge on any atom is 0.411 e. The highest BCUT2D eigenvalue weighted by Gasteiger charge is 2.50. The summed E-state index contributed by atoms with van der Waals surface area (Å²) in [7, 11) is 0. The molecule has 0 aliphatic carbocycles. The molecule has 0 aromatic heterocycles. The lowest BCUT2D eigenvalue weighted by Gasteiger charge is -2.45. The molecule has 1 saturated heterocycles. The van der Waals surface area contributed by atoms with E-state index in [1.54, 1.807) is 41.5 Å². The first kappa shape index (κ1) is 19.7. The summed E-state index contributed by atoms with van der Waals surface area (Å²) in [5.74, 6) is -0.468. The molecular weight excluding hydrogens is 298 g/mol. The van der Waals surface area contributed by atoms with Crippen molar-refractivity contribution in [2.75, 3.05) is 13.2 Å². The first-order chi connectivity index (χ1) is 10.4. The predicted octanol–water partition coefficient (Wildman–Crippen LogP) is 2.87. The Labute approximate surface area is 139 Å². The highest BCUT2D eigenvalue weighted by molar-refractivity contribution is 5.86. The van der Waals surface area contributed by atoms with Crippen molar-refractivity contribution < 1.29 is 24.2 Å². The summed E-state index contributed by atoms with van der Waals surface area (Å²) in [4.78, 5) is 26.9. The van der Waals surface area contributed by atoms with Crippen molar-refractivity contribution in [1.29, 1.82) is 0 Å². The zero-order chi connectivity index (χ0) is 17.9. The third-order valence-electron chi connectivity index (χ3n) is 3.66. The van der Waals surface area contributed by atoms with Gasteiger partial charge in [0.05, 0.1) is 0 Å². The molecular formula is C17H31NO5. The van der Waals surface area contributed by atoms with Crippen molar-refractivity contribution in [3.63, 3.8) is 0 Å². The Morgan fingerprint density at radius 1 is 1.04 bits per heavy atom. The quantitative estimate of drug-likeness (QED) is 0.806. The number of carbonyl (C=O) groups excluding carboxylic acids is 2. The SMILES string of the molecule is CC(C)(C)OC(=O)N1CCCCC1(CCO)C(=O)OC(C)(C)C. The van der Waals surface area contributed by atoms with Gasteiger partial charge in [0.15, 0.2) is 0 Å². The molecule has 0 aromatic carbocycles. The fraction of sp³-hybridized carbons (Fsp3) is 0.882. The number of ether oxygens (including phenoxy) is 2. The minimum Gasteiger partial charge on any atom is -0.458 e. The third-order valence-corrected chi connectivity index (χ3v) is 3.66. The maximum atomic E-state index is 12.8. The number of aliphatic hydroxyl groups is 1. The van der Waals surface area contributed by atoms with Crippen molar-refractivity contribution in [2.45, 2.75) is 84.0 Å². The van der Waals surface area contributed by atoms with Gasteiger partial charge in [0.25, 0.3) is 0 Å². The van der Waals surface area contributed by atoms with Crippen LogP contribution in [0.1, 0.15) is 67.2 Å². The van der Waals surface area contributed by atoms with E-state index >= 15 is 0 Å². The number of likely N-dealkylation sites (tertiary alicyclic amines) is 1. The second-order valence-corrected chi connectivity index (χ2v) is 8.10. The molecule has 0 aromatic rings. The van der Waals surface area contributed by atoms with Crippen LogP contribution >= 0.6 is 0 Å². The highest BCUT2D eigenvalue weighted by Crippen LogP contribution is 2.35. The highest BCUT2D eigenvalue weighted by atomic mass is 16.6. The Morgan fingerprint density at radius 3 is 2.09 bits per heavy atom. The summed E-state index contributed by atoms with van der Waals surface area (Å²) in [6.45, 7) is 11.0. The lowest BCUT2D eigenvalue weighted by Crippen LogP contribution is -2.62. The molecule has 1 atom stereocenters. The van der Waals surface area contributed by atoms with Crippen molar-refractivity contribution in [2.24, 2.45) is 0 Å². The standard InChI is InChI=1S/C17H31NO5/c1-15(2,3)22-13(20)17(10-12-19)9-7-8-11-18(17)14(21)23-16(4,5)6/h19H,7-12H2,1-6H3. The second-order valence-electron chi connectivity index (χ2n) is 8.10. The van der Waals surface area contributed by atoms with Crippen LogP contribution in [0.4, 0.5) is 4.79 Å². The molecule has 0 saturated carbocycles. The average Bonchev–Trinajstić information content (AvgIpc) is 2.35. The van der Waals surface area contributed by atoms with Gasteiger partial charge < -0.3 is 14.6 Å². The van der Waals surface area contributed by atoms with Gasteiger partial charge in [-0.25, -0.2) is 9.59 Å². The number of nitrogens with zero attached hydrogens (tertiary/aromatic N) is 1. The molecule has 0 bridgehead atoms. The van der Waals surface area contributed by atoms with E-state index < -0.39 is 28.8 Å². The molecule has 1 unspecified atom stereocenters. The molecule has 6 nitrogen and oxygen atoms in total. The number of amides is 1. The molecule has 23 heavy (non-hydrogen) atoms. The molecule has 1 aliphatic heterocycles. The molecule has 1 rings (SSSR count). The van der Waals surface area contributed by atoms with Crippen molar-refractivity contribution >= 4 is 12.1 Å². The first-order valence-corrected chi connectivity index (χ1v) is 8.26. The van der Waals surface area contributed by atoms with Crippen LogP contribution in [0.3, 0.4) is 0 Å². The van der Waals surface area contributed by atoms with E-state index in [-0.39, 0.29) is 13.0 Å². The first-order valence-electron chi connectivity index (χ1n) is 8.26. The fourth-order valence-corrected chi connectivity index (χ4v) is 2.75. The molecule has 1 aliphatic rings. The van der Waals surface area contributed by atoms with Gasteiger partial charge in [-0.15, -0.1) is 0 Å². The van der Waals surface area contributed by atoms with Crippen LogP contribution in [0.25, 0.3) is 0 Å². The van der Waals surface area contributed by atoms with Crippen molar-refractivity contribution in [1.82, 2.24) is 4.90 Å². The van der Waals surface area contributed by atoms with Gasteiger partial charge in [-0.2, -0.15) is 0 Å². The summed E-state index contributed by atoms with van der Waals surface area (Å²) in [5.41, 5.74) is -2.45. The smallest absolute Gasteiger partial charge is 0.411 e. The molecule has 0 radical (unpaired) electrons. The normalized spacial score (nSPS) is 22.7. The Kier molecular flexibility index (Phi) is 6.07. The molecule has 1 N–H and O–H groups in total. The molecule has 134 valence electrons. The van der Waals surface area contributed by atoms with Crippen molar-refractivity contribution in [3.05, 3.63) is 0 Å². The zero-order valence-corrected chi connectivity index (χ0v) is 15.3. The fourth-order valence-electron chi connectivity index (χ4n) is 2.75. The van der Waals surface area contributed by atoms with E-state index in [9.17, 15) is 14.7 Å². The van der Waals surface area contributed by atoms with E-state index in [1.165, 1.54) is 4.90 Å². The van der Waals surface area contributed by atoms with Gasteiger partial charge in [0.1, 0.15) is 16.7 Å². The van der Waals surface area contributed by atoms with E-state index in [0.717, 1.165) is 12.8 Å². The van der Waals surface area contributed by atoms with Crippen LogP contribution in [-0.2, 0) is 14.3 Å². The van der Waals surface area contributed by atoms with Crippen LogP contribution in [0.15, 0.2) is 0 Å². The number of aliphatic hydroxyl groups excluding tert-OH is 1. The maximum absolute atomic E-state index is 12.8. The van der Waals surface area contributed by atoms with Crippen LogP contribution in [-0.4, -0.2) is 52.0 Å². The van der Waals surface area contributed by atoms with Gasteiger partial charge in [0.2, 0.25) is 0 Å². The van der Waals surface area contributed by atoms with E-state index in [1.807, 2.05) is 0 Å². The van der Waals surface area contributed by atoms with Gasteiger partial charge >= 0.3 is 12.1 Å². The van der Waals surface area contributed by atoms with Crippen LogP contribution < -0.4 is 0 Å². The summed E-state index contributed by atoms with van der Waals surface area (Å²) >= 11 is 0. The van der Waals surface area contributed by atoms with Crippen LogP contribution in [0.2, 0.25) is 0 Å². The zero-order valence-electron chi connectivity index (χ0n) is 15.3. The lowest BCUT2D eigenvalue weighted by molar-refractivity contribution is -0.173. The van der Waals surface area contributed by atoms with Gasteiger partial charge in [-0.1, -0.05) is 0 Å².